The lowest BCUT2D eigenvalue weighted by molar-refractivity contribution is 0.118. The third-order valence-electron chi connectivity index (χ3n) is 3.32. The fourth-order valence-corrected chi connectivity index (χ4v) is 2.77. The molecule has 1 aromatic carbocycles. The van der Waals surface area contributed by atoms with Gasteiger partial charge in [0.15, 0.2) is 0 Å². The van der Waals surface area contributed by atoms with Crippen molar-refractivity contribution in [3.05, 3.63) is 28.2 Å². The van der Waals surface area contributed by atoms with E-state index in [1.807, 2.05) is 25.2 Å². The molecule has 0 radical (unpaired) electrons. The van der Waals surface area contributed by atoms with E-state index < -0.39 is 0 Å². The quantitative estimate of drug-likeness (QED) is 0.841. The zero-order valence-corrected chi connectivity index (χ0v) is 11.6. The summed E-state index contributed by atoms with van der Waals surface area (Å²) in [5.41, 5.74) is 1.65. The van der Waals surface area contributed by atoms with Gasteiger partial charge in [0.1, 0.15) is 6.07 Å². The van der Waals surface area contributed by atoms with Crippen molar-refractivity contribution in [2.24, 2.45) is 0 Å². The highest BCUT2D eigenvalue weighted by molar-refractivity contribution is 9.10. The number of rotatable bonds is 2. The predicted octanol–water partition coefficient (Wildman–Crippen LogP) is 2.93. The lowest BCUT2D eigenvalue weighted by Gasteiger charge is -2.29. The zero-order valence-electron chi connectivity index (χ0n) is 9.98. The van der Waals surface area contributed by atoms with Crippen molar-refractivity contribution in [3.63, 3.8) is 0 Å². The Kier molecular flexibility index (Phi) is 3.70. The molecule has 90 valence electrons. The first-order valence-corrected chi connectivity index (χ1v) is 6.47. The van der Waals surface area contributed by atoms with Gasteiger partial charge in [-0.25, -0.2) is 0 Å². The van der Waals surface area contributed by atoms with E-state index >= 15 is 0 Å². The van der Waals surface area contributed by atoms with Gasteiger partial charge < -0.3 is 9.64 Å². The number of ether oxygens (including phenoxy) is 1. The predicted molar refractivity (Wildman–Crippen MR) is 71.1 cm³/mol. The summed E-state index contributed by atoms with van der Waals surface area (Å²) >= 11 is 3.42. The van der Waals surface area contributed by atoms with E-state index in [4.69, 9.17) is 4.74 Å². The van der Waals surface area contributed by atoms with E-state index in [9.17, 15) is 5.26 Å². The number of hydrogen-bond donors (Lipinski definition) is 0. The fourth-order valence-electron chi connectivity index (χ4n) is 2.33. The van der Waals surface area contributed by atoms with Gasteiger partial charge in [-0.05, 0) is 41.4 Å². The number of hydrogen-bond acceptors (Lipinski definition) is 3. The first kappa shape index (κ1) is 12.4. The minimum Gasteiger partial charge on any atom is -0.376 e. The summed E-state index contributed by atoms with van der Waals surface area (Å²) in [5, 5.41) is 9.22. The van der Waals surface area contributed by atoms with Crippen LogP contribution in [0.1, 0.15) is 18.9 Å². The van der Waals surface area contributed by atoms with Crippen molar-refractivity contribution in [1.82, 2.24) is 0 Å². The van der Waals surface area contributed by atoms with E-state index in [0.29, 0.717) is 11.6 Å². The number of nitriles is 1. The van der Waals surface area contributed by atoms with Gasteiger partial charge in [-0.1, -0.05) is 6.07 Å². The molecule has 1 aliphatic rings. The first-order chi connectivity index (χ1) is 8.15. The van der Waals surface area contributed by atoms with Crippen LogP contribution in [0, 0.1) is 11.3 Å². The molecule has 2 atom stereocenters. The largest absolute Gasteiger partial charge is 0.376 e. The van der Waals surface area contributed by atoms with Gasteiger partial charge >= 0.3 is 0 Å². The molecule has 4 heteroatoms. The van der Waals surface area contributed by atoms with E-state index in [-0.39, 0.29) is 6.10 Å². The SMILES string of the molecule is CC1OCCC1N(C)c1cccc(Br)c1C#N. The molecule has 1 saturated heterocycles. The van der Waals surface area contributed by atoms with E-state index in [0.717, 1.165) is 23.2 Å². The van der Waals surface area contributed by atoms with Crippen LogP contribution in [0.2, 0.25) is 0 Å². The van der Waals surface area contributed by atoms with Gasteiger partial charge in [-0.3, -0.25) is 0 Å². The Bertz CT molecular complexity index is 455. The summed E-state index contributed by atoms with van der Waals surface area (Å²) in [6, 6.07) is 8.43. The zero-order chi connectivity index (χ0) is 12.4. The van der Waals surface area contributed by atoms with Crippen LogP contribution in [-0.4, -0.2) is 25.8 Å². The second kappa shape index (κ2) is 5.07. The van der Waals surface area contributed by atoms with Crippen LogP contribution in [0.5, 0.6) is 0 Å². The molecule has 17 heavy (non-hydrogen) atoms. The second-order valence-corrected chi connectivity index (χ2v) is 5.14. The molecule has 1 heterocycles. The molecule has 0 N–H and O–H groups in total. The monoisotopic (exact) mass is 294 g/mol. The van der Waals surface area contributed by atoms with Gasteiger partial charge in [0.05, 0.1) is 23.4 Å². The number of anilines is 1. The van der Waals surface area contributed by atoms with Crippen LogP contribution < -0.4 is 4.90 Å². The summed E-state index contributed by atoms with van der Waals surface area (Å²) in [7, 11) is 2.03. The van der Waals surface area contributed by atoms with Gasteiger partial charge in [0.2, 0.25) is 0 Å². The normalized spacial score (nSPS) is 23.4. The van der Waals surface area contributed by atoms with Crippen LogP contribution in [0.25, 0.3) is 0 Å². The smallest absolute Gasteiger partial charge is 0.103 e. The molecule has 1 aliphatic heterocycles. The fraction of sp³-hybridized carbons (Fsp3) is 0.462. The van der Waals surface area contributed by atoms with E-state index in [2.05, 4.69) is 33.8 Å². The minimum absolute atomic E-state index is 0.213. The molecule has 0 bridgehead atoms. The summed E-state index contributed by atoms with van der Waals surface area (Å²) in [6.45, 7) is 2.88. The van der Waals surface area contributed by atoms with Gasteiger partial charge in [0.25, 0.3) is 0 Å². The van der Waals surface area contributed by atoms with Crippen LogP contribution in [-0.2, 0) is 4.74 Å². The van der Waals surface area contributed by atoms with Crippen LogP contribution in [0.4, 0.5) is 5.69 Å². The summed E-state index contributed by atoms with van der Waals surface area (Å²) < 4.78 is 6.42. The minimum atomic E-state index is 0.213. The van der Waals surface area contributed by atoms with Crippen molar-refractivity contribution in [2.45, 2.75) is 25.5 Å². The van der Waals surface area contributed by atoms with Crippen molar-refractivity contribution in [2.75, 3.05) is 18.6 Å². The Morgan fingerprint density at radius 3 is 2.88 bits per heavy atom. The third kappa shape index (κ3) is 2.31. The highest BCUT2D eigenvalue weighted by Crippen LogP contribution is 2.30. The van der Waals surface area contributed by atoms with E-state index in [1.54, 1.807) is 0 Å². The molecule has 0 amide bonds. The van der Waals surface area contributed by atoms with Crippen molar-refractivity contribution in [3.8, 4) is 6.07 Å². The topological polar surface area (TPSA) is 36.3 Å². The highest BCUT2D eigenvalue weighted by Gasteiger charge is 2.29. The summed E-state index contributed by atoms with van der Waals surface area (Å²) in [4.78, 5) is 2.15. The van der Waals surface area contributed by atoms with Gasteiger partial charge in [-0.2, -0.15) is 5.26 Å². The molecular weight excluding hydrogens is 280 g/mol. The molecule has 3 nitrogen and oxygen atoms in total. The molecule has 0 spiro atoms. The third-order valence-corrected chi connectivity index (χ3v) is 3.98. The maximum atomic E-state index is 9.22. The Morgan fingerprint density at radius 1 is 1.53 bits per heavy atom. The van der Waals surface area contributed by atoms with Crippen LogP contribution in [0.3, 0.4) is 0 Å². The Balaban J connectivity index is 2.34. The van der Waals surface area contributed by atoms with Crippen LogP contribution in [0.15, 0.2) is 22.7 Å². The number of nitrogens with zero attached hydrogens (tertiary/aromatic N) is 2. The second-order valence-electron chi connectivity index (χ2n) is 4.29. The van der Waals surface area contributed by atoms with Crippen LogP contribution >= 0.6 is 15.9 Å². The average Bonchev–Trinajstić information content (AvgIpc) is 2.74. The molecule has 1 aromatic rings. The maximum Gasteiger partial charge on any atom is 0.103 e. The number of halogens is 1. The standard InChI is InChI=1S/C13H15BrN2O/c1-9-12(6-7-17-9)16(2)13-5-3-4-11(14)10(13)8-15/h3-5,9,12H,6-7H2,1-2H3. The molecule has 0 saturated carbocycles. The van der Waals surface area contributed by atoms with Crippen molar-refractivity contribution < 1.29 is 4.74 Å². The molecule has 1 fully saturated rings. The highest BCUT2D eigenvalue weighted by atomic mass is 79.9. The number of likely N-dealkylation sites (N-methyl/N-ethyl adjacent to an activating group) is 1. The molecule has 2 unspecified atom stereocenters. The maximum absolute atomic E-state index is 9.22. The molecule has 2 rings (SSSR count). The van der Waals surface area contributed by atoms with Gasteiger partial charge in [0, 0.05) is 18.1 Å². The molecule has 0 aromatic heterocycles. The number of benzene rings is 1. The average molecular weight is 295 g/mol. The van der Waals surface area contributed by atoms with Gasteiger partial charge in [-0.15, -0.1) is 0 Å². The molecule has 0 aliphatic carbocycles. The summed E-state index contributed by atoms with van der Waals surface area (Å²) in [5.74, 6) is 0. The summed E-state index contributed by atoms with van der Waals surface area (Å²) in [6.07, 6.45) is 1.22. The Morgan fingerprint density at radius 2 is 2.29 bits per heavy atom. The van der Waals surface area contributed by atoms with E-state index in [1.165, 1.54) is 0 Å². The molecular formula is C13H15BrN2O. The lowest BCUT2D eigenvalue weighted by Crippen LogP contribution is -2.37. The van der Waals surface area contributed by atoms with Crippen molar-refractivity contribution in [1.29, 1.82) is 5.26 Å². The van der Waals surface area contributed by atoms with Crippen molar-refractivity contribution >= 4 is 21.6 Å². The lowest BCUT2D eigenvalue weighted by atomic mass is 10.1. The Hall–Kier alpha value is -1.05. The Labute approximate surface area is 110 Å². The first-order valence-electron chi connectivity index (χ1n) is 5.68.